The first-order chi connectivity index (χ1) is 9.81. The SMILES string of the molecule is CCCN1CCCC(NCc2ccc(CC)cc2)CC1. The van der Waals surface area contributed by atoms with Crippen LogP contribution in [0.25, 0.3) is 0 Å². The van der Waals surface area contributed by atoms with E-state index in [2.05, 4.69) is 48.3 Å². The van der Waals surface area contributed by atoms with E-state index in [0.717, 1.165) is 13.0 Å². The molecule has 0 aromatic heterocycles. The lowest BCUT2D eigenvalue weighted by atomic mass is 10.1. The predicted octanol–water partition coefficient (Wildman–Crippen LogP) is 3.60. The normalized spacial score (nSPS) is 20.8. The van der Waals surface area contributed by atoms with Crippen LogP contribution in [0.3, 0.4) is 0 Å². The Morgan fingerprint density at radius 2 is 1.80 bits per heavy atom. The summed E-state index contributed by atoms with van der Waals surface area (Å²) in [6.45, 7) is 9.33. The third-order valence-corrected chi connectivity index (χ3v) is 4.39. The summed E-state index contributed by atoms with van der Waals surface area (Å²) in [6, 6.07) is 9.75. The average molecular weight is 274 g/mol. The molecule has 1 aromatic carbocycles. The van der Waals surface area contributed by atoms with Crippen molar-refractivity contribution < 1.29 is 0 Å². The third-order valence-electron chi connectivity index (χ3n) is 4.39. The van der Waals surface area contributed by atoms with E-state index in [0.29, 0.717) is 6.04 Å². The molecule has 1 aromatic rings. The minimum absolute atomic E-state index is 0.697. The third kappa shape index (κ3) is 4.92. The fraction of sp³-hybridized carbons (Fsp3) is 0.667. The number of benzene rings is 1. The summed E-state index contributed by atoms with van der Waals surface area (Å²) in [7, 11) is 0. The van der Waals surface area contributed by atoms with Crippen molar-refractivity contribution in [2.24, 2.45) is 0 Å². The topological polar surface area (TPSA) is 15.3 Å². The molecule has 1 unspecified atom stereocenters. The minimum atomic E-state index is 0.697. The van der Waals surface area contributed by atoms with E-state index < -0.39 is 0 Å². The molecule has 1 aliphatic rings. The standard InChI is InChI=1S/C18H30N2/c1-3-12-20-13-5-6-18(11-14-20)19-15-17-9-7-16(4-2)8-10-17/h7-10,18-19H,3-6,11-15H2,1-2H3. The highest BCUT2D eigenvalue weighted by Crippen LogP contribution is 2.12. The van der Waals surface area contributed by atoms with Crippen LogP contribution in [0.2, 0.25) is 0 Å². The number of likely N-dealkylation sites (tertiary alicyclic amines) is 1. The second kappa shape index (κ2) is 8.43. The molecule has 0 amide bonds. The van der Waals surface area contributed by atoms with Gasteiger partial charge < -0.3 is 10.2 Å². The van der Waals surface area contributed by atoms with E-state index in [1.54, 1.807) is 0 Å². The van der Waals surface area contributed by atoms with Gasteiger partial charge >= 0.3 is 0 Å². The van der Waals surface area contributed by atoms with Gasteiger partial charge in [0.1, 0.15) is 0 Å². The number of nitrogens with zero attached hydrogens (tertiary/aromatic N) is 1. The quantitative estimate of drug-likeness (QED) is 0.852. The molecule has 2 rings (SSSR count). The molecule has 0 bridgehead atoms. The molecule has 1 N–H and O–H groups in total. The van der Waals surface area contributed by atoms with Crippen LogP contribution in [-0.2, 0) is 13.0 Å². The molecule has 1 saturated heterocycles. The molecule has 2 heteroatoms. The van der Waals surface area contributed by atoms with Gasteiger partial charge in [0.05, 0.1) is 0 Å². The lowest BCUT2D eigenvalue weighted by Gasteiger charge is -2.19. The summed E-state index contributed by atoms with van der Waals surface area (Å²) >= 11 is 0. The lowest BCUT2D eigenvalue weighted by Crippen LogP contribution is -2.30. The number of aryl methyl sites for hydroxylation is 1. The highest BCUT2D eigenvalue weighted by atomic mass is 15.1. The van der Waals surface area contributed by atoms with Crippen LogP contribution in [-0.4, -0.2) is 30.6 Å². The molecule has 2 nitrogen and oxygen atoms in total. The monoisotopic (exact) mass is 274 g/mol. The van der Waals surface area contributed by atoms with Gasteiger partial charge in [0, 0.05) is 12.6 Å². The minimum Gasteiger partial charge on any atom is -0.310 e. The van der Waals surface area contributed by atoms with Gasteiger partial charge in [-0.15, -0.1) is 0 Å². The Kier molecular flexibility index (Phi) is 6.55. The molecule has 20 heavy (non-hydrogen) atoms. The second-order valence-electron chi connectivity index (χ2n) is 6.02. The van der Waals surface area contributed by atoms with E-state index in [1.165, 1.54) is 56.4 Å². The van der Waals surface area contributed by atoms with Crippen LogP contribution >= 0.6 is 0 Å². The first-order valence-electron chi connectivity index (χ1n) is 8.35. The zero-order chi connectivity index (χ0) is 14.2. The zero-order valence-corrected chi connectivity index (χ0v) is 13.2. The Morgan fingerprint density at radius 3 is 2.50 bits per heavy atom. The van der Waals surface area contributed by atoms with Crippen molar-refractivity contribution in [3.05, 3.63) is 35.4 Å². The summed E-state index contributed by atoms with van der Waals surface area (Å²) < 4.78 is 0. The van der Waals surface area contributed by atoms with E-state index in [9.17, 15) is 0 Å². The van der Waals surface area contributed by atoms with E-state index in [1.807, 2.05) is 0 Å². The van der Waals surface area contributed by atoms with Gasteiger partial charge in [-0.25, -0.2) is 0 Å². The summed E-state index contributed by atoms with van der Waals surface area (Å²) in [5.41, 5.74) is 2.84. The van der Waals surface area contributed by atoms with Gasteiger partial charge in [-0.05, 0) is 62.9 Å². The summed E-state index contributed by atoms with van der Waals surface area (Å²) in [4.78, 5) is 2.62. The fourth-order valence-corrected chi connectivity index (χ4v) is 3.05. The van der Waals surface area contributed by atoms with Gasteiger partial charge in [-0.2, -0.15) is 0 Å². The summed E-state index contributed by atoms with van der Waals surface area (Å²) in [5, 5.41) is 3.75. The van der Waals surface area contributed by atoms with Crippen LogP contribution < -0.4 is 5.32 Å². The highest BCUT2D eigenvalue weighted by Gasteiger charge is 2.15. The van der Waals surface area contributed by atoms with Crippen molar-refractivity contribution in [1.29, 1.82) is 0 Å². The number of rotatable bonds is 6. The van der Waals surface area contributed by atoms with Crippen molar-refractivity contribution in [1.82, 2.24) is 10.2 Å². The number of hydrogen-bond donors (Lipinski definition) is 1. The Morgan fingerprint density at radius 1 is 1.05 bits per heavy atom. The van der Waals surface area contributed by atoms with Crippen LogP contribution in [0.1, 0.15) is 50.7 Å². The van der Waals surface area contributed by atoms with Gasteiger partial charge in [-0.3, -0.25) is 0 Å². The Bertz CT molecular complexity index is 372. The second-order valence-corrected chi connectivity index (χ2v) is 6.02. The van der Waals surface area contributed by atoms with Crippen molar-refractivity contribution in [2.45, 2.75) is 58.5 Å². The van der Waals surface area contributed by atoms with E-state index in [-0.39, 0.29) is 0 Å². The smallest absolute Gasteiger partial charge is 0.0208 e. The first-order valence-corrected chi connectivity index (χ1v) is 8.35. The number of nitrogens with one attached hydrogen (secondary N) is 1. The maximum absolute atomic E-state index is 3.75. The fourth-order valence-electron chi connectivity index (χ4n) is 3.05. The number of hydrogen-bond acceptors (Lipinski definition) is 2. The Balaban J connectivity index is 1.75. The highest BCUT2D eigenvalue weighted by molar-refractivity contribution is 5.22. The van der Waals surface area contributed by atoms with Gasteiger partial charge in [-0.1, -0.05) is 38.1 Å². The molecule has 1 aliphatic heterocycles. The van der Waals surface area contributed by atoms with Crippen molar-refractivity contribution in [3.8, 4) is 0 Å². The van der Waals surface area contributed by atoms with Gasteiger partial charge in [0.15, 0.2) is 0 Å². The molecular weight excluding hydrogens is 244 g/mol. The lowest BCUT2D eigenvalue weighted by molar-refractivity contribution is 0.282. The molecule has 1 fully saturated rings. The molecule has 112 valence electrons. The molecule has 0 aliphatic carbocycles. The maximum atomic E-state index is 3.75. The van der Waals surface area contributed by atoms with Crippen LogP contribution in [0, 0.1) is 0 Å². The summed E-state index contributed by atoms with van der Waals surface area (Å²) in [6.07, 6.45) is 6.37. The maximum Gasteiger partial charge on any atom is 0.0208 e. The molecule has 0 saturated carbocycles. The van der Waals surface area contributed by atoms with E-state index in [4.69, 9.17) is 0 Å². The van der Waals surface area contributed by atoms with Crippen molar-refractivity contribution in [2.75, 3.05) is 19.6 Å². The molecule has 1 heterocycles. The first kappa shape index (κ1) is 15.5. The van der Waals surface area contributed by atoms with Crippen molar-refractivity contribution in [3.63, 3.8) is 0 Å². The molecule has 0 spiro atoms. The average Bonchev–Trinajstić information content (AvgIpc) is 2.71. The largest absolute Gasteiger partial charge is 0.310 e. The van der Waals surface area contributed by atoms with Crippen LogP contribution in [0.5, 0.6) is 0 Å². The van der Waals surface area contributed by atoms with Crippen molar-refractivity contribution >= 4 is 0 Å². The van der Waals surface area contributed by atoms with Gasteiger partial charge in [0.25, 0.3) is 0 Å². The molecule has 1 atom stereocenters. The summed E-state index contributed by atoms with van der Waals surface area (Å²) in [5.74, 6) is 0. The van der Waals surface area contributed by atoms with Gasteiger partial charge in [0.2, 0.25) is 0 Å². The van der Waals surface area contributed by atoms with Crippen LogP contribution in [0.15, 0.2) is 24.3 Å². The Hall–Kier alpha value is -0.860. The zero-order valence-electron chi connectivity index (χ0n) is 13.2. The molecular formula is C18H30N2. The predicted molar refractivity (Wildman–Crippen MR) is 87.0 cm³/mol. The Labute approximate surface area is 124 Å². The van der Waals surface area contributed by atoms with Crippen LogP contribution in [0.4, 0.5) is 0 Å². The molecule has 0 radical (unpaired) electrons. The van der Waals surface area contributed by atoms with E-state index >= 15 is 0 Å².